The summed E-state index contributed by atoms with van der Waals surface area (Å²) in [7, 11) is -3.48. The number of urea groups is 1. The summed E-state index contributed by atoms with van der Waals surface area (Å²) in [5.41, 5.74) is 0.989. The molecule has 4 aliphatic carbocycles. The van der Waals surface area contributed by atoms with Crippen molar-refractivity contribution in [3.8, 4) is 0 Å². The summed E-state index contributed by atoms with van der Waals surface area (Å²) in [4.78, 5) is 12.9. The van der Waals surface area contributed by atoms with Gasteiger partial charge in [0.2, 0.25) is 10.0 Å². The predicted octanol–water partition coefficient (Wildman–Crippen LogP) is 2.88. The van der Waals surface area contributed by atoms with Gasteiger partial charge >= 0.3 is 6.03 Å². The van der Waals surface area contributed by atoms with Gasteiger partial charge in [-0.05, 0) is 86.8 Å². The molecule has 3 atom stereocenters. The van der Waals surface area contributed by atoms with E-state index in [-0.39, 0.29) is 17.5 Å². The second kappa shape index (κ2) is 6.98. The highest BCUT2D eigenvalue weighted by Gasteiger charge is 2.63. The van der Waals surface area contributed by atoms with Crippen LogP contribution in [0, 0.1) is 30.6 Å². The fourth-order valence-electron chi connectivity index (χ4n) is 6.56. The van der Waals surface area contributed by atoms with Gasteiger partial charge in [-0.3, -0.25) is 0 Å². The molecule has 2 N–H and O–H groups in total. The van der Waals surface area contributed by atoms with Crippen molar-refractivity contribution in [3.05, 3.63) is 29.8 Å². The minimum absolute atomic E-state index is 0.0481. The maximum atomic E-state index is 13.0. The molecule has 1 aromatic carbocycles. The van der Waals surface area contributed by atoms with Gasteiger partial charge in [0.05, 0.1) is 4.90 Å². The lowest BCUT2D eigenvalue weighted by molar-refractivity contribution is 0.210. The van der Waals surface area contributed by atoms with Crippen molar-refractivity contribution in [3.63, 3.8) is 0 Å². The fraction of sp³-hybridized carbons (Fsp3) is 0.682. The van der Waals surface area contributed by atoms with E-state index in [1.54, 1.807) is 22.5 Å². The number of sulfonamides is 1. The summed E-state index contributed by atoms with van der Waals surface area (Å²) in [6.07, 6.45) is 6.66. The Hall–Kier alpha value is -1.60. The van der Waals surface area contributed by atoms with Crippen LogP contribution in [-0.4, -0.2) is 43.9 Å². The van der Waals surface area contributed by atoms with E-state index in [2.05, 4.69) is 10.6 Å². The minimum atomic E-state index is -3.48. The SMILES string of the molecule is Cc1cccc(S(=O)(=O)N2CCCC(CNC(=O)NC34CC5CC3CC5C4)C2)c1. The lowest BCUT2D eigenvalue weighted by atomic mass is 9.91. The first-order valence-corrected chi connectivity index (χ1v) is 12.4. The number of rotatable bonds is 5. The smallest absolute Gasteiger partial charge is 0.315 e. The lowest BCUT2D eigenvalue weighted by Gasteiger charge is -2.33. The van der Waals surface area contributed by atoms with E-state index in [0.717, 1.165) is 43.1 Å². The van der Waals surface area contributed by atoms with Crippen molar-refractivity contribution in [2.24, 2.45) is 23.7 Å². The van der Waals surface area contributed by atoms with Crippen molar-refractivity contribution >= 4 is 16.1 Å². The maximum Gasteiger partial charge on any atom is 0.315 e. The van der Waals surface area contributed by atoms with E-state index in [9.17, 15) is 13.2 Å². The molecule has 158 valence electrons. The second-order valence-electron chi connectivity index (χ2n) is 9.78. The molecule has 1 aromatic rings. The molecule has 2 amide bonds. The van der Waals surface area contributed by atoms with E-state index in [0.29, 0.717) is 30.4 Å². The Bertz CT molecular complexity index is 902. The van der Waals surface area contributed by atoms with Gasteiger partial charge in [0.15, 0.2) is 0 Å². The van der Waals surface area contributed by atoms with Crippen molar-refractivity contribution < 1.29 is 13.2 Å². The zero-order chi connectivity index (χ0) is 20.2. The van der Waals surface area contributed by atoms with Gasteiger partial charge in [-0.2, -0.15) is 4.31 Å². The molecule has 4 bridgehead atoms. The lowest BCUT2D eigenvalue weighted by Crippen LogP contribution is -2.53. The Kier molecular flexibility index (Phi) is 4.66. The number of hydrogen-bond acceptors (Lipinski definition) is 3. The van der Waals surface area contributed by atoms with Crippen LogP contribution in [-0.2, 0) is 10.0 Å². The molecule has 0 aromatic heterocycles. The Morgan fingerprint density at radius 2 is 2.00 bits per heavy atom. The van der Waals surface area contributed by atoms with Crippen LogP contribution in [0.2, 0.25) is 0 Å². The Morgan fingerprint density at radius 3 is 2.66 bits per heavy atom. The van der Waals surface area contributed by atoms with E-state index < -0.39 is 10.0 Å². The van der Waals surface area contributed by atoms with E-state index >= 15 is 0 Å². The van der Waals surface area contributed by atoms with Crippen LogP contribution < -0.4 is 10.6 Å². The molecule has 1 aliphatic heterocycles. The quantitative estimate of drug-likeness (QED) is 0.773. The van der Waals surface area contributed by atoms with Crippen LogP contribution in [0.3, 0.4) is 0 Å². The summed E-state index contributed by atoms with van der Waals surface area (Å²) in [6.45, 7) is 3.45. The minimum Gasteiger partial charge on any atom is -0.338 e. The van der Waals surface area contributed by atoms with Crippen LogP contribution in [0.4, 0.5) is 4.79 Å². The molecule has 1 heterocycles. The molecule has 5 fully saturated rings. The van der Waals surface area contributed by atoms with Crippen molar-refractivity contribution in [2.45, 2.75) is 55.9 Å². The Labute approximate surface area is 173 Å². The third-order valence-corrected chi connectivity index (χ3v) is 9.76. The van der Waals surface area contributed by atoms with Crippen molar-refractivity contribution in [1.82, 2.24) is 14.9 Å². The van der Waals surface area contributed by atoms with Crippen LogP contribution in [0.25, 0.3) is 0 Å². The first-order valence-electron chi connectivity index (χ1n) is 11.0. The molecular weight excluding hydrogens is 386 g/mol. The largest absolute Gasteiger partial charge is 0.338 e. The van der Waals surface area contributed by atoms with Gasteiger partial charge in [-0.15, -0.1) is 0 Å². The molecular formula is C22H31N3O3S. The number of carbonyl (C=O) groups is 1. The number of piperidine rings is 1. The summed E-state index contributed by atoms with van der Waals surface area (Å²) in [5, 5.41) is 6.35. The van der Waals surface area contributed by atoms with Gasteiger partial charge in [0, 0.05) is 25.2 Å². The fourth-order valence-corrected chi connectivity index (χ4v) is 8.22. The van der Waals surface area contributed by atoms with Crippen LogP contribution >= 0.6 is 0 Å². The average molecular weight is 418 g/mol. The molecule has 29 heavy (non-hydrogen) atoms. The van der Waals surface area contributed by atoms with Crippen LogP contribution in [0.1, 0.15) is 44.1 Å². The van der Waals surface area contributed by atoms with Gasteiger partial charge in [0.1, 0.15) is 0 Å². The first-order chi connectivity index (χ1) is 13.9. The number of aryl methyl sites for hydroxylation is 1. The number of carbonyl (C=O) groups excluding carboxylic acids is 1. The molecule has 0 radical (unpaired) electrons. The van der Waals surface area contributed by atoms with Gasteiger partial charge < -0.3 is 10.6 Å². The zero-order valence-electron chi connectivity index (χ0n) is 17.1. The van der Waals surface area contributed by atoms with E-state index in [4.69, 9.17) is 0 Å². The Morgan fingerprint density at radius 1 is 1.24 bits per heavy atom. The second-order valence-corrected chi connectivity index (χ2v) is 11.7. The molecule has 0 spiro atoms. The van der Waals surface area contributed by atoms with Crippen molar-refractivity contribution in [1.29, 1.82) is 0 Å². The third kappa shape index (κ3) is 3.36. The molecule has 1 saturated heterocycles. The first kappa shape index (κ1) is 19.4. The highest BCUT2D eigenvalue weighted by Crippen LogP contribution is 2.65. The van der Waals surface area contributed by atoms with Crippen LogP contribution in [0.5, 0.6) is 0 Å². The number of nitrogens with zero attached hydrogens (tertiary/aromatic N) is 1. The normalized spacial score (nSPS) is 35.9. The number of hydrogen-bond donors (Lipinski definition) is 2. The zero-order valence-corrected chi connectivity index (χ0v) is 17.9. The Balaban J connectivity index is 1.17. The average Bonchev–Trinajstić information content (AvgIpc) is 3.41. The standard InChI is InChI=1S/C22H31N3O3S/c1-15-4-2-6-20(8-15)29(27,28)25-7-3-5-16(14-25)13-23-21(26)24-22-11-17-9-19(22)10-18(17)12-22/h2,4,6,8,16-19H,3,5,7,9-14H2,1H3,(H2,23,24,26). The summed E-state index contributed by atoms with van der Waals surface area (Å²) in [5.74, 6) is 2.49. The van der Waals surface area contributed by atoms with Gasteiger partial charge in [0.25, 0.3) is 0 Å². The van der Waals surface area contributed by atoms with Gasteiger partial charge in [-0.1, -0.05) is 12.1 Å². The molecule has 4 saturated carbocycles. The maximum absolute atomic E-state index is 13.0. The summed E-state index contributed by atoms with van der Waals surface area (Å²) < 4.78 is 27.6. The highest BCUT2D eigenvalue weighted by molar-refractivity contribution is 7.89. The van der Waals surface area contributed by atoms with E-state index in [1.165, 1.54) is 12.8 Å². The highest BCUT2D eigenvalue weighted by atomic mass is 32.2. The number of amides is 2. The van der Waals surface area contributed by atoms with Crippen molar-refractivity contribution in [2.75, 3.05) is 19.6 Å². The number of nitrogens with one attached hydrogen (secondary N) is 2. The predicted molar refractivity (Wildman–Crippen MR) is 111 cm³/mol. The van der Waals surface area contributed by atoms with E-state index in [1.807, 2.05) is 13.0 Å². The molecule has 6 rings (SSSR count). The monoisotopic (exact) mass is 417 g/mol. The van der Waals surface area contributed by atoms with Crippen LogP contribution in [0.15, 0.2) is 29.2 Å². The molecule has 6 nitrogen and oxygen atoms in total. The third-order valence-electron chi connectivity index (χ3n) is 7.90. The summed E-state index contributed by atoms with van der Waals surface area (Å²) in [6, 6.07) is 7.01. The molecule has 7 heteroatoms. The summed E-state index contributed by atoms with van der Waals surface area (Å²) >= 11 is 0. The molecule has 5 aliphatic rings. The topological polar surface area (TPSA) is 78.5 Å². The number of benzene rings is 1. The molecule has 3 unspecified atom stereocenters. The van der Waals surface area contributed by atoms with Gasteiger partial charge in [-0.25, -0.2) is 13.2 Å².